The molecule has 0 spiro atoms. The van der Waals surface area contributed by atoms with Gasteiger partial charge in [-0.3, -0.25) is 4.90 Å². The second-order valence-electron chi connectivity index (χ2n) is 11.4. The second kappa shape index (κ2) is 12.2. The molecular formula is C27H42BrN7O3S. The number of nitrogens with zero attached hydrogens (tertiary/aromatic N) is 5. The molecule has 2 atom stereocenters. The summed E-state index contributed by atoms with van der Waals surface area (Å²) in [6, 6.07) is 5.97. The van der Waals surface area contributed by atoms with Gasteiger partial charge in [0.1, 0.15) is 11.6 Å². The molecule has 0 unspecified atom stereocenters. The van der Waals surface area contributed by atoms with Crippen LogP contribution < -0.4 is 20.3 Å². The van der Waals surface area contributed by atoms with E-state index in [1.807, 2.05) is 6.07 Å². The minimum absolute atomic E-state index is 0.0508. The standard InChI is InChI=1S/C27H42BrN7O3S/c1-27(2,3)35-15-13-34(14-16-35)19-11-12-22(24(17-19)38-5)31-26-29-18-20(28)25(32-26)30-21-9-7-8-10-23(21)33(4)39(6,36)37/h11-12,17-18,21,23H,7-10,13-16H2,1-6H3,(H2,29,30,31,32)/t21-,23-/m1/s1. The Kier molecular flexibility index (Phi) is 9.30. The van der Waals surface area contributed by atoms with E-state index in [4.69, 9.17) is 9.72 Å². The Balaban J connectivity index is 1.48. The van der Waals surface area contributed by atoms with Crippen LogP contribution in [0.15, 0.2) is 28.9 Å². The first-order chi connectivity index (χ1) is 18.4. The zero-order valence-corrected chi connectivity index (χ0v) is 26.3. The van der Waals surface area contributed by atoms with Crippen molar-refractivity contribution in [1.29, 1.82) is 0 Å². The molecule has 39 heavy (non-hydrogen) atoms. The molecule has 2 heterocycles. The molecule has 1 saturated heterocycles. The molecule has 0 bridgehead atoms. The monoisotopic (exact) mass is 623 g/mol. The second-order valence-corrected chi connectivity index (χ2v) is 14.3. The van der Waals surface area contributed by atoms with E-state index in [1.54, 1.807) is 20.4 Å². The van der Waals surface area contributed by atoms with Crippen molar-refractivity contribution in [3.05, 3.63) is 28.9 Å². The number of ether oxygens (including phenoxy) is 1. The molecule has 1 aliphatic carbocycles. The van der Waals surface area contributed by atoms with Gasteiger partial charge in [0.05, 0.1) is 23.5 Å². The number of hydrogen-bond donors (Lipinski definition) is 2. The van der Waals surface area contributed by atoms with Crippen LogP contribution in [0.25, 0.3) is 0 Å². The lowest BCUT2D eigenvalue weighted by atomic mass is 9.90. The number of aromatic nitrogens is 2. The highest BCUT2D eigenvalue weighted by atomic mass is 79.9. The van der Waals surface area contributed by atoms with Crippen molar-refractivity contribution >= 4 is 49.1 Å². The average Bonchev–Trinajstić information content (AvgIpc) is 2.90. The number of halogens is 1. The van der Waals surface area contributed by atoms with Gasteiger partial charge in [-0.05, 0) is 61.7 Å². The fraction of sp³-hybridized carbons (Fsp3) is 0.630. The van der Waals surface area contributed by atoms with Crippen LogP contribution in [0.5, 0.6) is 5.75 Å². The summed E-state index contributed by atoms with van der Waals surface area (Å²) in [7, 11) is 0.0218. The van der Waals surface area contributed by atoms with Gasteiger partial charge >= 0.3 is 0 Å². The third-order valence-corrected chi connectivity index (χ3v) is 9.71. The maximum Gasteiger partial charge on any atom is 0.229 e. The molecular weight excluding hydrogens is 582 g/mol. The maximum atomic E-state index is 12.2. The Morgan fingerprint density at radius 2 is 1.82 bits per heavy atom. The highest BCUT2D eigenvalue weighted by Gasteiger charge is 2.33. The van der Waals surface area contributed by atoms with Crippen molar-refractivity contribution < 1.29 is 13.2 Å². The van der Waals surface area contributed by atoms with Crippen LogP contribution >= 0.6 is 15.9 Å². The number of nitrogens with one attached hydrogen (secondary N) is 2. The third-order valence-electron chi connectivity index (χ3n) is 7.81. The number of piperazine rings is 1. The van der Waals surface area contributed by atoms with Gasteiger partial charge in [0.25, 0.3) is 0 Å². The van der Waals surface area contributed by atoms with Crippen LogP contribution in [0.2, 0.25) is 0 Å². The van der Waals surface area contributed by atoms with Gasteiger partial charge in [-0.25, -0.2) is 17.7 Å². The van der Waals surface area contributed by atoms with Crippen LogP contribution in [-0.4, -0.2) is 91.8 Å². The minimum Gasteiger partial charge on any atom is -0.494 e. The Hall–Kier alpha value is -2.15. The zero-order chi connectivity index (χ0) is 28.4. The molecule has 2 fully saturated rings. The van der Waals surface area contributed by atoms with Crippen LogP contribution in [0, 0.1) is 0 Å². The van der Waals surface area contributed by atoms with Crippen molar-refractivity contribution in [2.75, 3.05) is 62.1 Å². The molecule has 4 rings (SSSR count). The highest BCUT2D eigenvalue weighted by Crippen LogP contribution is 2.34. The number of rotatable bonds is 8. The molecule has 2 aromatic rings. The molecule has 1 aliphatic heterocycles. The number of hydrogen-bond acceptors (Lipinski definition) is 9. The topological polar surface area (TPSA) is 103 Å². The van der Waals surface area contributed by atoms with Crippen molar-refractivity contribution in [1.82, 2.24) is 19.2 Å². The zero-order valence-electron chi connectivity index (χ0n) is 23.9. The first kappa shape index (κ1) is 29.8. The maximum absolute atomic E-state index is 12.2. The lowest BCUT2D eigenvalue weighted by Crippen LogP contribution is -2.53. The van der Waals surface area contributed by atoms with Crippen LogP contribution in [0.4, 0.5) is 23.1 Å². The summed E-state index contributed by atoms with van der Waals surface area (Å²) in [5, 5.41) is 6.79. The number of likely N-dealkylation sites (N-methyl/N-ethyl adjacent to an activating group) is 1. The van der Waals surface area contributed by atoms with Gasteiger partial charge in [-0.15, -0.1) is 0 Å². The van der Waals surface area contributed by atoms with Gasteiger partial charge in [0.15, 0.2) is 0 Å². The molecule has 0 radical (unpaired) electrons. The first-order valence-electron chi connectivity index (χ1n) is 13.5. The molecule has 1 aromatic carbocycles. The Labute approximate surface area is 241 Å². The lowest BCUT2D eigenvalue weighted by Gasteiger charge is -2.43. The van der Waals surface area contributed by atoms with Crippen molar-refractivity contribution in [2.24, 2.45) is 0 Å². The summed E-state index contributed by atoms with van der Waals surface area (Å²) in [6.07, 6.45) is 6.67. The van der Waals surface area contributed by atoms with Gasteiger partial charge in [0.2, 0.25) is 16.0 Å². The fourth-order valence-electron chi connectivity index (χ4n) is 5.40. The molecule has 0 amide bonds. The molecule has 2 N–H and O–H groups in total. The molecule has 1 aromatic heterocycles. The van der Waals surface area contributed by atoms with E-state index in [9.17, 15) is 8.42 Å². The van der Waals surface area contributed by atoms with Gasteiger partial charge in [-0.1, -0.05) is 12.8 Å². The quantitative estimate of drug-likeness (QED) is 0.439. The number of anilines is 4. The van der Waals surface area contributed by atoms with Gasteiger partial charge < -0.3 is 20.3 Å². The van der Waals surface area contributed by atoms with E-state index in [0.717, 1.165) is 67.7 Å². The fourth-order valence-corrected chi connectivity index (χ4v) is 6.45. The molecule has 12 heteroatoms. The van der Waals surface area contributed by atoms with E-state index in [0.29, 0.717) is 17.5 Å². The van der Waals surface area contributed by atoms with Crippen molar-refractivity contribution in [2.45, 2.75) is 64.1 Å². The minimum atomic E-state index is -3.30. The molecule has 2 aliphatic rings. The Bertz CT molecular complexity index is 1250. The van der Waals surface area contributed by atoms with Crippen molar-refractivity contribution in [3.63, 3.8) is 0 Å². The van der Waals surface area contributed by atoms with E-state index in [2.05, 4.69) is 74.3 Å². The summed E-state index contributed by atoms with van der Waals surface area (Å²) in [5.41, 5.74) is 2.08. The van der Waals surface area contributed by atoms with Crippen molar-refractivity contribution in [3.8, 4) is 5.75 Å². The Morgan fingerprint density at radius 3 is 2.46 bits per heavy atom. The largest absolute Gasteiger partial charge is 0.494 e. The molecule has 1 saturated carbocycles. The third kappa shape index (κ3) is 7.33. The normalized spacial score (nSPS) is 21.2. The van der Waals surface area contributed by atoms with E-state index >= 15 is 0 Å². The highest BCUT2D eigenvalue weighted by molar-refractivity contribution is 9.10. The smallest absolute Gasteiger partial charge is 0.229 e. The van der Waals surface area contributed by atoms with E-state index in [1.165, 1.54) is 10.6 Å². The summed E-state index contributed by atoms with van der Waals surface area (Å²) in [6.45, 7) is 10.8. The van der Waals surface area contributed by atoms with E-state index < -0.39 is 10.0 Å². The number of sulfonamides is 1. The average molecular weight is 625 g/mol. The predicted molar refractivity (Wildman–Crippen MR) is 162 cm³/mol. The van der Waals surface area contributed by atoms with Gasteiger partial charge in [-0.2, -0.15) is 4.98 Å². The van der Waals surface area contributed by atoms with Crippen LogP contribution in [-0.2, 0) is 10.0 Å². The summed E-state index contributed by atoms with van der Waals surface area (Å²) < 4.78 is 32.4. The first-order valence-corrected chi connectivity index (χ1v) is 16.2. The van der Waals surface area contributed by atoms with E-state index in [-0.39, 0.29) is 17.6 Å². The van der Waals surface area contributed by atoms with Crippen LogP contribution in [0.1, 0.15) is 46.5 Å². The summed E-state index contributed by atoms with van der Waals surface area (Å²) in [4.78, 5) is 14.1. The SMILES string of the molecule is COc1cc(N2CCN(C(C)(C)C)CC2)ccc1Nc1ncc(Br)c(N[C@@H]2CCCC[C@H]2N(C)S(C)(=O)=O)n1. The van der Waals surface area contributed by atoms with Gasteiger partial charge in [0, 0.05) is 68.8 Å². The molecule has 10 nitrogen and oxygen atoms in total. The van der Waals surface area contributed by atoms with Crippen LogP contribution in [0.3, 0.4) is 0 Å². The number of methoxy groups -OCH3 is 1. The lowest BCUT2D eigenvalue weighted by molar-refractivity contribution is 0.128. The summed E-state index contributed by atoms with van der Waals surface area (Å²) >= 11 is 3.56. The predicted octanol–water partition coefficient (Wildman–Crippen LogP) is 4.53. The Morgan fingerprint density at radius 1 is 1.13 bits per heavy atom. The molecule has 216 valence electrons. The summed E-state index contributed by atoms with van der Waals surface area (Å²) in [5.74, 6) is 1.77. The number of benzene rings is 1.